The third-order valence-electron chi connectivity index (χ3n) is 12.6. The summed E-state index contributed by atoms with van der Waals surface area (Å²) in [5.41, 5.74) is 2.94. The Bertz CT molecular complexity index is 1900. The van der Waals surface area contributed by atoms with Crippen molar-refractivity contribution in [1.82, 2.24) is 31.1 Å². The number of nitrogens with one attached hydrogen (secondary N) is 4. The van der Waals surface area contributed by atoms with E-state index in [9.17, 15) is 28.8 Å². The van der Waals surface area contributed by atoms with E-state index in [1.807, 2.05) is 21.9 Å². The summed E-state index contributed by atoms with van der Waals surface area (Å²) in [5, 5.41) is 11.7. The highest BCUT2D eigenvalue weighted by molar-refractivity contribution is 6.00. The smallest absolute Gasteiger partial charge is 0.255 e. The standard InChI is InChI=1S/C55H88N6O9/c1-13-17-27-60(28-18-14-2)47(64)37-68-35-45(62)56-23-21-25-58-51(66)41-31-39(53(5,6)7)33-43-49(41)70-50-42(32-40(54(8,9)10)34-44(50)55(43,11)12)52(67)59-26-22-24-57-46(63)36-69-38-48(65)61(29-19-15-3)30-20-16-4/h31-34H,13-30,35-38H2,1-12H3,(H,56,62)(H,57,63)(H,58,66)(H,59,67). The van der Waals surface area contributed by atoms with Crippen molar-refractivity contribution in [2.45, 2.75) is 164 Å². The first kappa shape index (κ1) is 59.3. The first-order chi connectivity index (χ1) is 33.1. The second kappa shape index (κ2) is 28.7. The lowest BCUT2D eigenvalue weighted by atomic mass is 9.70. The van der Waals surface area contributed by atoms with Gasteiger partial charge < -0.3 is 45.3 Å². The SMILES string of the molecule is CCCCN(CCCC)C(=O)COCC(=O)NCCCNC(=O)c1cc(C(C)(C)C)cc2c1Oc1c(C(=O)NCCCNC(=O)COCC(=O)N(CCCC)CCCC)cc(C(C)(C)C)cc1C2(C)C. The molecule has 15 nitrogen and oxygen atoms in total. The molecule has 0 saturated carbocycles. The quantitative estimate of drug-likeness (QED) is 0.0562. The summed E-state index contributed by atoms with van der Waals surface area (Å²) >= 11 is 0. The predicted octanol–water partition coefficient (Wildman–Crippen LogP) is 8.08. The number of hydrogen-bond donors (Lipinski definition) is 4. The monoisotopic (exact) mass is 977 g/mol. The minimum atomic E-state index is -0.684. The van der Waals surface area contributed by atoms with Gasteiger partial charge in [0, 0.05) is 68.9 Å². The Kier molecular flexibility index (Phi) is 24.3. The van der Waals surface area contributed by atoms with Crippen LogP contribution in [-0.4, -0.2) is 124 Å². The molecule has 70 heavy (non-hydrogen) atoms. The average molecular weight is 977 g/mol. The molecule has 0 saturated heterocycles. The molecule has 1 heterocycles. The minimum Gasteiger partial charge on any atom is -0.455 e. The van der Waals surface area contributed by atoms with Crippen molar-refractivity contribution < 1.29 is 43.0 Å². The lowest BCUT2D eigenvalue weighted by Gasteiger charge is -2.38. The summed E-state index contributed by atoms with van der Waals surface area (Å²) in [6.45, 7) is 28.2. The van der Waals surface area contributed by atoms with Crippen LogP contribution in [0, 0.1) is 0 Å². The summed E-state index contributed by atoms with van der Waals surface area (Å²) in [6, 6.07) is 7.92. The van der Waals surface area contributed by atoms with E-state index in [-0.39, 0.29) is 85.8 Å². The van der Waals surface area contributed by atoms with Crippen LogP contribution in [0.1, 0.15) is 190 Å². The van der Waals surface area contributed by atoms with Gasteiger partial charge in [-0.3, -0.25) is 28.8 Å². The van der Waals surface area contributed by atoms with E-state index in [4.69, 9.17) is 14.2 Å². The maximum absolute atomic E-state index is 14.2. The van der Waals surface area contributed by atoms with Gasteiger partial charge in [0.25, 0.3) is 11.8 Å². The zero-order valence-electron chi connectivity index (χ0n) is 44.9. The molecule has 2 aromatic rings. The van der Waals surface area contributed by atoms with Crippen molar-refractivity contribution in [1.29, 1.82) is 0 Å². The molecule has 0 radical (unpaired) electrons. The highest BCUT2D eigenvalue weighted by atomic mass is 16.5. The zero-order valence-corrected chi connectivity index (χ0v) is 44.9. The number of nitrogens with zero attached hydrogens (tertiary/aromatic N) is 2. The molecule has 392 valence electrons. The largest absolute Gasteiger partial charge is 0.455 e. The van der Waals surface area contributed by atoms with Crippen LogP contribution in [0.25, 0.3) is 0 Å². The summed E-state index contributed by atoms with van der Waals surface area (Å²) in [4.78, 5) is 82.5. The first-order valence-corrected chi connectivity index (χ1v) is 26.0. The molecule has 0 aliphatic carbocycles. The highest BCUT2D eigenvalue weighted by Gasteiger charge is 2.41. The van der Waals surface area contributed by atoms with Crippen LogP contribution in [0.5, 0.6) is 11.5 Å². The van der Waals surface area contributed by atoms with E-state index >= 15 is 0 Å². The number of unbranched alkanes of at least 4 members (excludes halogenated alkanes) is 4. The summed E-state index contributed by atoms with van der Waals surface area (Å²) in [7, 11) is 0. The van der Waals surface area contributed by atoms with Crippen LogP contribution >= 0.6 is 0 Å². The Morgan fingerprint density at radius 1 is 0.500 bits per heavy atom. The van der Waals surface area contributed by atoms with E-state index in [0.717, 1.165) is 73.6 Å². The average Bonchev–Trinajstić information content (AvgIpc) is 3.30. The van der Waals surface area contributed by atoms with Crippen molar-refractivity contribution in [3.8, 4) is 11.5 Å². The van der Waals surface area contributed by atoms with Gasteiger partial charge in [-0.05, 0) is 72.6 Å². The van der Waals surface area contributed by atoms with Crippen molar-refractivity contribution in [3.05, 3.63) is 57.6 Å². The molecule has 0 atom stereocenters. The maximum atomic E-state index is 14.2. The molecule has 1 aliphatic rings. The van der Waals surface area contributed by atoms with Crippen LogP contribution in [-0.2, 0) is 44.9 Å². The van der Waals surface area contributed by atoms with Gasteiger partial charge in [-0.25, -0.2) is 0 Å². The van der Waals surface area contributed by atoms with Crippen LogP contribution in [0.2, 0.25) is 0 Å². The number of amides is 6. The lowest BCUT2D eigenvalue weighted by Crippen LogP contribution is -2.37. The normalized spacial score (nSPS) is 12.8. The Morgan fingerprint density at radius 3 is 1.14 bits per heavy atom. The molecule has 0 unspecified atom stereocenters. The van der Waals surface area contributed by atoms with Crippen molar-refractivity contribution >= 4 is 35.4 Å². The van der Waals surface area contributed by atoms with Crippen LogP contribution in [0.15, 0.2) is 24.3 Å². The molecule has 4 N–H and O–H groups in total. The Morgan fingerprint density at radius 2 is 0.829 bits per heavy atom. The van der Waals surface area contributed by atoms with Gasteiger partial charge >= 0.3 is 0 Å². The van der Waals surface area contributed by atoms with Crippen molar-refractivity contribution in [2.24, 2.45) is 0 Å². The number of carbonyl (C=O) groups is 6. The first-order valence-electron chi connectivity index (χ1n) is 26.0. The van der Waals surface area contributed by atoms with E-state index < -0.39 is 5.41 Å². The highest BCUT2D eigenvalue weighted by Crippen LogP contribution is 2.52. The summed E-state index contributed by atoms with van der Waals surface area (Å²) in [6.07, 6.45) is 8.52. The lowest BCUT2D eigenvalue weighted by molar-refractivity contribution is -0.139. The summed E-state index contributed by atoms with van der Waals surface area (Å²) in [5.74, 6) is -0.839. The number of fused-ring (bicyclic) bond motifs is 2. The molecule has 0 spiro atoms. The minimum absolute atomic E-state index is 0.115. The Labute approximate surface area is 419 Å². The number of ether oxygens (including phenoxy) is 3. The molecular weight excluding hydrogens is 889 g/mol. The fourth-order valence-corrected chi connectivity index (χ4v) is 7.95. The third kappa shape index (κ3) is 18.3. The number of hydrogen-bond acceptors (Lipinski definition) is 9. The molecule has 0 bridgehead atoms. The van der Waals surface area contributed by atoms with Gasteiger partial charge in [0.1, 0.15) is 37.9 Å². The van der Waals surface area contributed by atoms with Crippen LogP contribution < -0.4 is 26.0 Å². The molecule has 1 aliphatic heterocycles. The van der Waals surface area contributed by atoms with Crippen molar-refractivity contribution in [3.63, 3.8) is 0 Å². The predicted molar refractivity (Wildman–Crippen MR) is 277 cm³/mol. The molecule has 0 aromatic heterocycles. The van der Waals surface area contributed by atoms with E-state index in [1.165, 1.54) is 0 Å². The van der Waals surface area contributed by atoms with Crippen molar-refractivity contribution in [2.75, 3.05) is 78.8 Å². The Hall–Kier alpha value is -5.02. The number of rotatable bonds is 30. The molecule has 6 amide bonds. The Balaban J connectivity index is 1.69. The fourth-order valence-electron chi connectivity index (χ4n) is 7.95. The second-order valence-electron chi connectivity index (χ2n) is 21.1. The number of carbonyl (C=O) groups excluding carboxylic acids is 6. The van der Waals surface area contributed by atoms with Gasteiger partial charge in [-0.2, -0.15) is 0 Å². The molecule has 0 fully saturated rings. The van der Waals surface area contributed by atoms with Gasteiger partial charge in [0.15, 0.2) is 0 Å². The van der Waals surface area contributed by atoms with Gasteiger partial charge in [-0.1, -0.05) is 121 Å². The fraction of sp³-hybridized carbons (Fsp3) is 0.673. The van der Waals surface area contributed by atoms with E-state index in [1.54, 1.807) is 0 Å². The van der Waals surface area contributed by atoms with Gasteiger partial charge in [0.05, 0.1) is 11.1 Å². The summed E-state index contributed by atoms with van der Waals surface area (Å²) < 4.78 is 17.7. The maximum Gasteiger partial charge on any atom is 0.255 e. The molecule has 3 rings (SSSR count). The molecular formula is C55H88N6O9. The molecule has 2 aromatic carbocycles. The van der Waals surface area contributed by atoms with E-state index in [2.05, 4.69) is 116 Å². The third-order valence-corrected chi connectivity index (χ3v) is 12.6. The van der Waals surface area contributed by atoms with Gasteiger partial charge in [-0.15, -0.1) is 0 Å². The molecule has 15 heteroatoms. The second-order valence-corrected chi connectivity index (χ2v) is 21.1. The van der Waals surface area contributed by atoms with Crippen LogP contribution in [0.3, 0.4) is 0 Å². The zero-order chi connectivity index (χ0) is 52.1. The van der Waals surface area contributed by atoms with E-state index in [0.29, 0.717) is 74.7 Å². The number of benzene rings is 2. The van der Waals surface area contributed by atoms with Gasteiger partial charge in [0.2, 0.25) is 23.6 Å². The van der Waals surface area contributed by atoms with Crippen LogP contribution in [0.4, 0.5) is 0 Å². The topological polar surface area (TPSA) is 185 Å².